The van der Waals surface area contributed by atoms with Crippen LogP contribution in [0, 0.1) is 5.82 Å². The van der Waals surface area contributed by atoms with E-state index in [1.165, 1.54) is 17.7 Å². The number of hydrogen-bond acceptors (Lipinski definition) is 1. The summed E-state index contributed by atoms with van der Waals surface area (Å²) in [7, 11) is 0. The van der Waals surface area contributed by atoms with Gasteiger partial charge in [0.15, 0.2) is 0 Å². The van der Waals surface area contributed by atoms with Gasteiger partial charge >= 0.3 is 0 Å². The lowest BCUT2D eigenvalue weighted by Crippen LogP contribution is -2.00. The lowest BCUT2D eigenvalue weighted by Gasteiger charge is -2.11. The number of nitrogens with one attached hydrogen (secondary N) is 1. The Balaban J connectivity index is 1.94. The first kappa shape index (κ1) is 13.6. The Morgan fingerprint density at radius 2 is 1.63 bits per heavy atom. The van der Waals surface area contributed by atoms with Gasteiger partial charge in [-0.2, -0.15) is 0 Å². The maximum atomic E-state index is 12.8. The van der Waals surface area contributed by atoms with Crippen molar-refractivity contribution in [3.63, 3.8) is 0 Å². The first-order chi connectivity index (χ1) is 9.19. The molecule has 2 rings (SSSR count). The Hall–Kier alpha value is -1.83. The van der Waals surface area contributed by atoms with Gasteiger partial charge in [0.25, 0.3) is 0 Å². The highest BCUT2D eigenvalue weighted by Gasteiger charge is 2.02. The Morgan fingerprint density at radius 1 is 1.00 bits per heavy atom. The van der Waals surface area contributed by atoms with Gasteiger partial charge in [-0.05, 0) is 47.7 Å². The van der Waals surface area contributed by atoms with Crippen molar-refractivity contribution in [2.24, 2.45) is 0 Å². The smallest absolute Gasteiger partial charge is 0.123 e. The van der Waals surface area contributed by atoms with Gasteiger partial charge in [-0.25, -0.2) is 4.39 Å². The first-order valence-corrected chi connectivity index (χ1v) is 6.77. The first-order valence-electron chi connectivity index (χ1n) is 6.77. The molecule has 1 unspecified atom stereocenters. The second kappa shape index (κ2) is 6.37. The Labute approximate surface area is 114 Å². The van der Waals surface area contributed by atoms with E-state index in [4.69, 9.17) is 0 Å². The van der Waals surface area contributed by atoms with Gasteiger partial charge in [0.1, 0.15) is 5.82 Å². The van der Waals surface area contributed by atoms with Crippen LogP contribution in [0.2, 0.25) is 0 Å². The molecule has 0 amide bonds. The fourth-order valence-electron chi connectivity index (χ4n) is 1.97. The third-order valence-electron chi connectivity index (χ3n) is 3.50. The van der Waals surface area contributed by atoms with Crippen LogP contribution in [-0.2, 0) is 6.54 Å². The maximum Gasteiger partial charge on any atom is 0.123 e. The molecule has 2 aromatic rings. The van der Waals surface area contributed by atoms with E-state index in [-0.39, 0.29) is 5.82 Å². The van der Waals surface area contributed by atoms with Crippen LogP contribution in [0.25, 0.3) is 0 Å². The third-order valence-corrected chi connectivity index (χ3v) is 3.50. The van der Waals surface area contributed by atoms with E-state index in [1.54, 1.807) is 12.1 Å². The molecule has 0 aliphatic rings. The van der Waals surface area contributed by atoms with Crippen LogP contribution < -0.4 is 5.32 Å². The Kier molecular flexibility index (Phi) is 4.56. The average Bonchev–Trinajstić information content (AvgIpc) is 2.46. The number of hydrogen-bond donors (Lipinski definition) is 1. The quantitative estimate of drug-likeness (QED) is 0.799. The minimum absolute atomic E-state index is 0.193. The van der Waals surface area contributed by atoms with Crippen LogP contribution in [0.5, 0.6) is 0 Å². The van der Waals surface area contributed by atoms with Crippen LogP contribution in [0.3, 0.4) is 0 Å². The average molecular weight is 257 g/mol. The van der Waals surface area contributed by atoms with Crippen LogP contribution in [0.1, 0.15) is 37.3 Å². The molecule has 0 aliphatic carbocycles. The van der Waals surface area contributed by atoms with Crippen molar-refractivity contribution in [1.82, 2.24) is 0 Å². The lowest BCUT2D eigenvalue weighted by molar-refractivity contribution is 0.627. The SMILES string of the molecule is CCC(C)c1ccc(NCc2ccc(F)cc2)cc1. The molecule has 0 bridgehead atoms. The fourth-order valence-corrected chi connectivity index (χ4v) is 1.97. The van der Waals surface area contributed by atoms with Crippen LogP contribution in [-0.4, -0.2) is 0 Å². The van der Waals surface area contributed by atoms with E-state index in [2.05, 4.69) is 43.4 Å². The number of anilines is 1. The van der Waals surface area contributed by atoms with Gasteiger partial charge in [-0.1, -0.05) is 38.1 Å². The topological polar surface area (TPSA) is 12.0 Å². The largest absolute Gasteiger partial charge is 0.381 e. The van der Waals surface area contributed by atoms with Gasteiger partial charge in [-0.15, -0.1) is 0 Å². The van der Waals surface area contributed by atoms with Gasteiger partial charge < -0.3 is 5.32 Å². The molecule has 0 aliphatic heterocycles. The molecule has 19 heavy (non-hydrogen) atoms. The summed E-state index contributed by atoms with van der Waals surface area (Å²) < 4.78 is 12.8. The molecule has 0 saturated heterocycles. The summed E-state index contributed by atoms with van der Waals surface area (Å²) in [5, 5.41) is 3.34. The highest BCUT2D eigenvalue weighted by molar-refractivity contribution is 5.45. The Morgan fingerprint density at radius 3 is 2.21 bits per heavy atom. The molecule has 0 spiro atoms. The van der Waals surface area contributed by atoms with Crippen LogP contribution >= 0.6 is 0 Å². The number of benzene rings is 2. The summed E-state index contributed by atoms with van der Waals surface area (Å²) in [4.78, 5) is 0. The summed E-state index contributed by atoms with van der Waals surface area (Å²) in [6.45, 7) is 5.15. The van der Waals surface area contributed by atoms with Crippen molar-refractivity contribution in [2.45, 2.75) is 32.7 Å². The summed E-state index contributed by atoms with van der Waals surface area (Å²) in [6.07, 6.45) is 1.16. The Bertz CT molecular complexity index is 502. The second-order valence-electron chi connectivity index (χ2n) is 4.91. The van der Waals surface area contributed by atoms with Gasteiger partial charge in [0, 0.05) is 12.2 Å². The van der Waals surface area contributed by atoms with Crippen molar-refractivity contribution >= 4 is 5.69 Å². The zero-order valence-electron chi connectivity index (χ0n) is 11.5. The number of rotatable bonds is 5. The molecule has 0 radical (unpaired) electrons. The molecule has 1 atom stereocenters. The van der Waals surface area contributed by atoms with Crippen molar-refractivity contribution in [1.29, 1.82) is 0 Å². The summed E-state index contributed by atoms with van der Waals surface area (Å²) in [6, 6.07) is 15.1. The minimum Gasteiger partial charge on any atom is -0.381 e. The van der Waals surface area contributed by atoms with E-state index >= 15 is 0 Å². The van der Waals surface area contributed by atoms with Crippen LogP contribution in [0.4, 0.5) is 10.1 Å². The number of halogens is 1. The van der Waals surface area contributed by atoms with Gasteiger partial charge in [-0.3, -0.25) is 0 Å². The van der Waals surface area contributed by atoms with Crippen molar-refractivity contribution in [3.8, 4) is 0 Å². The highest BCUT2D eigenvalue weighted by atomic mass is 19.1. The van der Waals surface area contributed by atoms with Gasteiger partial charge in [0.05, 0.1) is 0 Å². The second-order valence-corrected chi connectivity index (χ2v) is 4.91. The van der Waals surface area contributed by atoms with Gasteiger partial charge in [0.2, 0.25) is 0 Å². The maximum absolute atomic E-state index is 12.8. The molecule has 0 fully saturated rings. The predicted octanol–water partition coefficient (Wildman–Crippen LogP) is 4.95. The summed E-state index contributed by atoms with van der Waals surface area (Å²) in [5.41, 5.74) is 3.54. The normalized spacial score (nSPS) is 12.2. The molecule has 100 valence electrons. The fraction of sp³-hybridized carbons (Fsp3) is 0.294. The zero-order chi connectivity index (χ0) is 13.7. The van der Waals surface area contributed by atoms with Crippen LogP contribution in [0.15, 0.2) is 48.5 Å². The van der Waals surface area contributed by atoms with Crippen molar-refractivity contribution in [3.05, 3.63) is 65.5 Å². The van der Waals surface area contributed by atoms with E-state index < -0.39 is 0 Å². The molecular weight excluding hydrogens is 237 g/mol. The summed E-state index contributed by atoms with van der Waals surface area (Å²) in [5.74, 6) is 0.410. The molecule has 1 nitrogen and oxygen atoms in total. The summed E-state index contributed by atoms with van der Waals surface area (Å²) >= 11 is 0. The molecule has 2 aromatic carbocycles. The van der Waals surface area contributed by atoms with Crippen molar-refractivity contribution in [2.75, 3.05) is 5.32 Å². The third kappa shape index (κ3) is 3.82. The molecule has 1 N–H and O–H groups in total. The van der Waals surface area contributed by atoms with E-state index in [0.29, 0.717) is 12.5 Å². The minimum atomic E-state index is -0.193. The zero-order valence-corrected chi connectivity index (χ0v) is 11.5. The standard InChI is InChI=1S/C17H20FN/c1-3-13(2)15-6-10-17(11-7-15)19-12-14-4-8-16(18)9-5-14/h4-11,13,19H,3,12H2,1-2H3. The molecule has 0 heterocycles. The van der Waals surface area contributed by atoms with E-state index in [9.17, 15) is 4.39 Å². The monoisotopic (exact) mass is 257 g/mol. The predicted molar refractivity (Wildman–Crippen MR) is 78.9 cm³/mol. The van der Waals surface area contributed by atoms with E-state index in [0.717, 1.165) is 17.7 Å². The van der Waals surface area contributed by atoms with Crippen molar-refractivity contribution < 1.29 is 4.39 Å². The molecule has 0 saturated carbocycles. The highest BCUT2D eigenvalue weighted by Crippen LogP contribution is 2.20. The molecule has 0 aromatic heterocycles. The van der Waals surface area contributed by atoms with E-state index in [1.807, 2.05) is 0 Å². The molecule has 2 heteroatoms. The lowest BCUT2D eigenvalue weighted by atomic mass is 9.99. The molecular formula is C17H20FN.